The van der Waals surface area contributed by atoms with E-state index in [1.165, 1.54) is 0 Å². The summed E-state index contributed by atoms with van der Waals surface area (Å²) in [5, 5.41) is 5.84. The number of rotatable bonds is 5. The predicted molar refractivity (Wildman–Crippen MR) is 83.2 cm³/mol. The van der Waals surface area contributed by atoms with Crippen LogP contribution in [0, 0.1) is 6.92 Å². The summed E-state index contributed by atoms with van der Waals surface area (Å²) in [6.07, 6.45) is 0.347. The fraction of sp³-hybridized carbons (Fsp3) is 0.333. The molecule has 0 unspecified atom stereocenters. The van der Waals surface area contributed by atoms with Crippen LogP contribution in [-0.4, -0.2) is 25.0 Å². The molecule has 5 heteroatoms. The molecular formula is C15H19N3OS. The van der Waals surface area contributed by atoms with Crippen LogP contribution in [0.1, 0.15) is 16.3 Å². The zero-order chi connectivity index (χ0) is 14.5. The van der Waals surface area contributed by atoms with Crippen molar-refractivity contribution in [2.45, 2.75) is 19.9 Å². The van der Waals surface area contributed by atoms with Crippen molar-refractivity contribution in [1.29, 1.82) is 0 Å². The number of hydrogen-bond donors (Lipinski definition) is 1. The Kier molecular flexibility index (Phi) is 4.74. The summed E-state index contributed by atoms with van der Waals surface area (Å²) in [6, 6.07) is 8.15. The van der Waals surface area contributed by atoms with E-state index in [1.807, 2.05) is 55.6 Å². The third-order valence-electron chi connectivity index (χ3n) is 2.95. The smallest absolute Gasteiger partial charge is 0.226 e. The molecule has 0 radical (unpaired) electrons. The van der Waals surface area contributed by atoms with Crippen LogP contribution in [0.25, 0.3) is 0 Å². The Morgan fingerprint density at radius 3 is 2.55 bits per heavy atom. The third-order valence-corrected chi connectivity index (χ3v) is 3.77. The van der Waals surface area contributed by atoms with Gasteiger partial charge in [0.05, 0.1) is 17.1 Å². The largest absolute Gasteiger partial charge is 0.378 e. The average molecular weight is 289 g/mol. The van der Waals surface area contributed by atoms with Crippen molar-refractivity contribution in [3.8, 4) is 0 Å². The van der Waals surface area contributed by atoms with Gasteiger partial charge >= 0.3 is 0 Å². The second-order valence-electron chi connectivity index (χ2n) is 4.87. The molecule has 4 nitrogen and oxygen atoms in total. The minimum Gasteiger partial charge on any atom is -0.378 e. The van der Waals surface area contributed by atoms with Crippen LogP contribution in [0.2, 0.25) is 0 Å². The summed E-state index contributed by atoms with van der Waals surface area (Å²) >= 11 is 1.57. The Morgan fingerprint density at radius 2 is 2.00 bits per heavy atom. The van der Waals surface area contributed by atoms with E-state index in [0.717, 1.165) is 22.0 Å². The number of hydrogen-bond acceptors (Lipinski definition) is 4. The first-order valence-corrected chi connectivity index (χ1v) is 7.36. The maximum Gasteiger partial charge on any atom is 0.226 e. The number of aryl methyl sites for hydroxylation is 1. The highest BCUT2D eigenvalue weighted by molar-refractivity contribution is 7.09. The van der Waals surface area contributed by atoms with Gasteiger partial charge in [-0.15, -0.1) is 11.3 Å². The van der Waals surface area contributed by atoms with E-state index in [1.54, 1.807) is 11.3 Å². The van der Waals surface area contributed by atoms with Crippen LogP contribution < -0.4 is 10.2 Å². The molecule has 1 heterocycles. The maximum atomic E-state index is 11.8. The number of benzene rings is 1. The lowest BCUT2D eigenvalue weighted by molar-refractivity contribution is -0.120. The molecule has 0 fully saturated rings. The van der Waals surface area contributed by atoms with Gasteiger partial charge in [-0.2, -0.15) is 0 Å². The van der Waals surface area contributed by atoms with E-state index in [9.17, 15) is 4.79 Å². The van der Waals surface area contributed by atoms with E-state index in [-0.39, 0.29) is 5.91 Å². The fourth-order valence-electron chi connectivity index (χ4n) is 1.83. The summed E-state index contributed by atoms with van der Waals surface area (Å²) in [5.41, 5.74) is 3.09. The predicted octanol–water partition coefficient (Wildman–Crippen LogP) is 2.38. The molecule has 0 aliphatic rings. The fourth-order valence-corrected chi connectivity index (χ4v) is 2.44. The number of thiazole rings is 1. The van der Waals surface area contributed by atoms with Gasteiger partial charge in [0.2, 0.25) is 5.91 Å². The van der Waals surface area contributed by atoms with Crippen molar-refractivity contribution in [2.24, 2.45) is 0 Å². The summed E-state index contributed by atoms with van der Waals surface area (Å²) in [5.74, 6) is 0.00647. The van der Waals surface area contributed by atoms with E-state index in [2.05, 4.69) is 10.3 Å². The summed E-state index contributed by atoms with van der Waals surface area (Å²) < 4.78 is 0. The molecule has 1 amide bonds. The highest BCUT2D eigenvalue weighted by Crippen LogP contribution is 2.12. The molecule has 0 aliphatic carbocycles. The van der Waals surface area contributed by atoms with Crippen LogP contribution >= 0.6 is 11.3 Å². The van der Waals surface area contributed by atoms with Gasteiger partial charge in [-0.05, 0) is 24.6 Å². The van der Waals surface area contributed by atoms with E-state index in [4.69, 9.17) is 0 Å². The van der Waals surface area contributed by atoms with Crippen molar-refractivity contribution in [2.75, 3.05) is 19.0 Å². The van der Waals surface area contributed by atoms with Gasteiger partial charge in [0.25, 0.3) is 0 Å². The van der Waals surface area contributed by atoms with Crippen LogP contribution in [0.4, 0.5) is 5.69 Å². The standard InChI is InChI=1S/C15H19N3OS/c1-11-17-13(10-20-11)8-15(19)16-9-12-4-6-14(7-5-12)18(2)3/h4-7,10H,8-9H2,1-3H3,(H,16,19). The lowest BCUT2D eigenvalue weighted by Crippen LogP contribution is -2.24. The molecule has 0 bridgehead atoms. The minimum atomic E-state index is 0.00647. The maximum absolute atomic E-state index is 11.8. The summed E-state index contributed by atoms with van der Waals surface area (Å²) in [7, 11) is 4.01. The van der Waals surface area contributed by atoms with Crippen molar-refractivity contribution < 1.29 is 4.79 Å². The molecule has 1 N–H and O–H groups in total. The molecule has 20 heavy (non-hydrogen) atoms. The van der Waals surface area contributed by atoms with Gasteiger partial charge in [0.1, 0.15) is 0 Å². The van der Waals surface area contributed by atoms with Gasteiger partial charge in [-0.1, -0.05) is 12.1 Å². The Morgan fingerprint density at radius 1 is 1.30 bits per heavy atom. The Balaban J connectivity index is 1.83. The SMILES string of the molecule is Cc1nc(CC(=O)NCc2ccc(N(C)C)cc2)cs1. The van der Waals surface area contributed by atoms with Crippen molar-refractivity contribution in [3.63, 3.8) is 0 Å². The van der Waals surface area contributed by atoms with Crippen LogP contribution in [0.15, 0.2) is 29.6 Å². The highest BCUT2D eigenvalue weighted by atomic mass is 32.1. The van der Waals surface area contributed by atoms with Gasteiger partial charge in [0, 0.05) is 31.7 Å². The first kappa shape index (κ1) is 14.5. The Hall–Kier alpha value is -1.88. The lowest BCUT2D eigenvalue weighted by Gasteiger charge is -2.12. The first-order valence-electron chi connectivity index (χ1n) is 6.48. The molecular weight excluding hydrogens is 270 g/mol. The Bertz CT molecular complexity index is 575. The first-order chi connectivity index (χ1) is 9.54. The molecule has 0 spiro atoms. The number of nitrogens with zero attached hydrogens (tertiary/aromatic N) is 2. The molecule has 0 atom stereocenters. The molecule has 1 aromatic carbocycles. The second kappa shape index (κ2) is 6.52. The molecule has 0 saturated heterocycles. The summed E-state index contributed by atoms with van der Waals surface area (Å²) in [6.45, 7) is 2.49. The molecule has 106 valence electrons. The van der Waals surface area contributed by atoms with E-state index >= 15 is 0 Å². The number of carbonyl (C=O) groups excluding carboxylic acids is 1. The highest BCUT2D eigenvalue weighted by Gasteiger charge is 2.06. The van der Waals surface area contributed by atoms with Crippen molar-refractivity contribution >= 4 is 22.9 Å². The zero-order valence-corrected chi connectivity index (χ0v) is 12.8. The molecule has 0 saturated carbocycles. The summed E-state index contributed by atoms with van der Waals surface area (Å²) in [4.78, 5) is 18.2. The van der Waals surface area contributed by atoms with Gasteiger partial charge in [-0.25, -0.2) is 4.98 Å². The normalized spacial score (nSPS) is 10.3. The number of aromatic nitrogens is 1. The minimum absolute atomic E-state index is 0.00647. The number of carbonyl (C=O) groups is 1. The van der Waals surface area contributed by atoms with Crippen LogP contribution in [-0.2, 0) is 17.8 Å². The van der Waals surface area contributed by atoms with E-state index < -0.39 is 0 Å². The van der Waals surface area contributed by atoms with Crippen molar-refractivity contribution in [3.05, 3.63) is 45.9 Å². The average Bonchev–Trinajstić information content (AvgIpc) is 2.82. The topological polar surface area (TPSA) is 45.2 Å². The third kappa shape index (κ3) is 4.06. The van der Waals surface area contributed by atoms with Gasteiger partial charge < -0.3 is 10.2 Å². The Labute approximate surface area is 123 Å². The van der Waals surface area contributed by atoms with Crippen molar-refractivity contribution in [1.82, 2.24) is 10.3 Å². The molecule has 0 aliphatic heterocycles. The number of nitrogens with one attached hydrogen (secondary N) is 1. The van der Waals surface area contributed by atoms with E-state index in [0.29, 0.717) is 13.0 Å². The van der Waals surface area contributed by atoms with Gasteiger partial charge in [-0.3, -0.25) is 4.79 Å². The number of amides is 1. The quantitative estimate of drug-likeness (QED) is 0.919. The number of anilines is 1. The van der Waals surface area contributed by atoms with Crippen LogP contribution in [0.5, 0.6) is 0 Å². The molecule has 2 aromatic rings. The molecule has 2 rings (SSSR count). The van der Waals surface area contributed by atoms with Crippen LogP contribution in [0.3, 0.4) is 0 Å². The second-order valence-corrected chi connectivity index (χ2v) is 5.93. The molecule has 1 aromatic heterocycles. The zero-order valence-electron chi connectivity index (χ0n) is 12.0. The van der Waals surface area contributed by atoms with Gasteiger partial charge in [0.15, 0.2) is 0 Å². The monoisotopic (exact) mass is 289 g/mol. The lowest BCUT2D eigenvalue weighted by atomic mass is 10.2.